The summed E-state index contributed by atoms with van der Waals surface area (Å²) in [5.41, 5.74) is 0.287. The minimum atomic E-state index is -0.549. The van der Waals surface area contributed by atoms with Crippen molar-refractivity contribution in [1.29, 1.82) is 0 Å². The molecule has 18 heavy (non-hydrogen) atoms. The quantitative estimate of drug-likeness (QED) is 0.374. The number of nitro benzene ring substituents is 1. The molecule has 2 aromatic rings. The van der Waals surface area contributed by atoms with Gasteiger partial charge in [0.15, 0.2) is 5.75 Å². The summed E-state index contributed by atoms with van der Waals surface area (Å²) in [5, 5.41) is 11.5. The molecule has 0 aliphatic heterocycles. The van der Waals surface area contributed by atoms with Crippen LogP contribution in [-0.4, -0.2) is 27.4 Å². The van der Waals surface area contributed by atoms with Crippen LogP contribution in [0, 0.1) is 10.1 Å². The molecule has 0 atom stereocenters. The first kappa shape index (κ1) is 12.8. The van der Waals surface area contributed by atoms with Crippen LogP contribution in [-0.2, 0) is 0 Å². The second-order valence-electron chi connectivity index (χ2n) is 3.30. The minimum absolute atomic E-state index is 0.114. The Hall–Kier alpha value is -1.66. The van der Waals surface area contributed by atoms with Crippen molar-refractivity contribution in [1.82, 2.24) is 9.97 Å². The first-order valence-electron chi connectivity index (χ1n) is 4.91. The number of nitrogens with zero attached hydrogens (tertiary/aromatic N) is 3. The van der Waals surface area contributed by atoms with E-state index in [1.54, 1.807) is 0 Å². The van der Waals surface area contributed by atoms with Crippen molar-refractivity contribution in [3.63, 3.8) is 0 Å². The number of benzene rings is 1. The summed E-state index contributed by atoms with van der Waals surface area (Å²) in [6.45, 7) is 0.173. The summed E-state index contributed by atoms with van der Waals surface area (Å²) in [4.78, 5) is 18.1. The maximum Gasteiger partial charge on any atom is 0.311 e. The summed E-state index contributed by atoms with van der Waals surface area (Å²) in [6, 6.07) is 2.74. The van der Waals surface area contributed by atoms with E-state index in [1.165, 1.54) is 18.5 Å². The van der Waals surface area contributed by atoms with Crippen LogP contribution in [0.25, 0.3) is 10.9 Å². The number of hydrogen-bond donors (Lipinski definition) is 0. The maximum absolute atomic E-state index is 10.9. The molecule has 1 heterocycles. The highest BCUT2D eigenvalue weighted by Gasteiger charge is 2.18. The SMILES string of the molecule is O=[N+]([O-])c1cc2c(Cl)ncnc2cc1OCCCl. The van der Waals surface area contributed by atoms with Crippen molar-refractivity contribution in [2.45, 2.75) is 0 Å². The largest absolute Gasteiger partial charge is 0.485 e. The Morgan fingerprint density at radius 1 is 1.39 bits per heavy atom. The van der Waals surface area contributed by atoms with Crippen molar-refractivity contribution in [2.75, 3.05) is 12.5 Å². The molecular weight excluding hydrogens is 281 g/mol. The van der Waals surface area contributed by atoms with Gasteiger partial charge in [-0.3, -0.25) is 10.1 Å². The Kier molecular flexibility index (Phi) is 3.78. The highest BCUT2D eigenvalue weighted by Crippen LogP contribution is 2.33. The maximum atomic E-state index is 10.9. The number of halogens is 2. The lowest BCUT2D eigenvalue weighted by Crippen LogP contribution is -2.02. The zero-order valence-electron chi connectivity index (χ0n) is 8.97. The smallest absolute Gasteiger partial charge is 0.311 e. The van der Waals surface area contributed by atoms with E-state index < -0.39 is 4.92 Å². The molecule has 0 aliphatic rings. The molecule has 0 saturated carbocycles. The summed E-state index contributed by atoms with van der Waals surface area (Å²) in [7, 11) is 0. The molecule has 0 aliphatic carbocycles. The monoisotopic (exact) mass is 287 g/mol. The molecule has 0 bridgehead atoms. The van der Waals surface area contributed by atoms with Crippen LogP contribution in [0.2, 0.25) is 5.15 Å². The third-order valence-electron chi connectivity index (χ3n) is 2.20. The fourth-order valence-electron chi connectivity index (χ4n) is 1.45. The third kappa shape index (κ3) is 2.44. The Labute approximate surface area is 112 Å². The number of fused-ring (bicyclic) bond motifs is 1. The molecule has 0 fully saturated rings. The molecule has 0 radical (unpaired) electrons. The van der Waals surface area contributed by atoms with Gasteiger partial charge in [-0.05, 0) is 0 Å². The molecule has 1 aromatic carbocycles. The summed E-state index contributed by atoms with van der Waals surface area (Å²) < 4.78 is 5.22. The molecule has 2 rings (SSSR count). The number of rotatable bonds is 4. The lowest BCUT2D eigenvalue weighted by atomic mass is 10.2. The van der Waals surface area contributed by atoms with Crippen LogP contribution in [0.1, 0.15) is 0 Å². The molecule has 0 saturated heterocycles. The van der Waals surface area contributed by atoms with Gasteiger partial charge in [0.25, 0.3) is 0 Å². The predicted octanol–water partition coefficient (Wildman–Crippen LogP) is 2.81. The zero-order chi connectivity index (χ0) is 13.1. The van der Waals surface area contributed by atoms with E-state index in [9.17, 15) is 10.1 Å². The second-order valence-corrected chi connectivity index (χ2v) is 4.03. The van der Waals surface area contributed by atoms with Gasteiger partial charge in [0.2, 0.25) is 0 Å². The van der Waals surface area contributed by atoms with Crippen LogP contribution in [0.3, 0.4) is 0 Å². The van der Waals surface area contributed by atoms with Gasteiger partial charge in [-0.2, -0.15) is 0 Å². The van der Waals surface area contributed by atoms with Gasteiger partial charge >= 0.3 is 5.69 Å². The van der Waals surface area contributed by atoms with Crippen LogP contribution in [0.5, 0.6) is 5.75 Å². The lowest BCUT2D eigenvalue weighted by Gasteiger charge is -2.06. The van der Waals surface area contributed by atoms with Crippen molar-refractivity contribution >= 4 is 39.8 Å². The van der Waals surface area contributed by atoms with E-state index in [-0.39, 0.29) is 29.1 Å². The standard InChI is InChI=1S/C10H7Cl2N3O3/c11-1-2-18-9-4-7-6(3-8(9)15(16)17)10(12)14-5-13-7/h3-5H,1-2H2. The molecule has 0 N–H and O–H groups in total. The topological polar surface area (TPSA) is 78.2 Å². The number of aromatic nitrogens is 2. The molecule has 6 nitrogen and oxygen atoms in total. The predicted molar refractivity (Wildman–Crippen MR) is 67.4 cm³/mol. The van der Waals surface area contributed by atoms with Gasteiger partial charge in [0.05, 0.1) is 16.3 Å². The number of ether oxygens (including phenoxy) is 1. The number of hydrogen-bond acceptors (Lipinski definition) is 5. The molecule has 1 aromatic heterocycles. The van der Waals surface area contributed by atoms with E-state index >= 15 is 0 Å². The molecule has 0 spiro atoms. The van der Waals surface area contributed by atoms with Crippen molar-refractivity contribution in [3.05, 3.63) is 33.7 Å². The number of nitro groups is 1. The van der Waals surface area contributed by atoms with Gasteiger partial charge in [-0.25, -0.2) is 9.97 Å². The molecule has 0 unspecified atom stereocenters. The highest BCUT2D eigenvalue weighted by atomic mass is 35.5. The summed E-state index contributed by atoms with van der Waals surface area (Å²) >= 11 is 11.3. The van der Waals surface area contributed by atoms with Gasteiger partial charge in [-0.1, -0.05) is 11.6 Å². The van der Waals surface area contributed by atoms with E-state index in [1.807, 2.05) is 0 Å². The molecule has 94 valence electrons. The van der Waals surface area contributed by atoms with Crippen molar-refractivity contribution in [3.8, 4) is 5.75 Å². The molecule has 0 amide bonds. The Bertz CT molecular complexity index is 606. The Morgan fingerprint density at radius 3 is 2.83 bits per heavy atom. The van der Waals surface area contributed by atoms with Crippen LogP contribution in [0.4, 0.5) is 5.69 Å². The summed E-state index contributed by atoms with van der Waals surface area (Å²) in [6.07, 6.45) is 1.28. The highest BCUT2D eigenvalue weighted by molar-refractivity contribution is 6.34. The average Bonchev–Trinajstić information content (AvgIpc) is 2.35. The zero-order valence-corrected chi connectivity index (χ0v) is 10.5. The average molecular weight is 288 g/mol. The van der Waals surface area contributed by atoms with E-state index in [0.29, 0.717) is 10.9 Å². The van der Waals surface area contributed by atoms with E-state index in [4.69, 9.17) is 27.9 Å². The van der Waals surface area contributed by atoms with Gasteiger partial charge < -0.3 is 4.74 Å². The lowest BCUT2D eigenvalue weighted by molar-refractivity contribution is -0.385. The van der Waals surface area contributed by atoms with Crippen LogP contribution < -0.4 is 4.74 Å². The normalized spacial score (nSPS) is 10.6. The van der Waals surface area contributed by atoms with Crippen LogP contribution >= 0.6 is 23.2 Å². The van der Waals surface area contributed by atoms with E-state index in [0.717, 1.165) is 0 Å². The van der Waals surface area contributed by atoms with Crippen LogP contribution in [0.15, 0.2) is 18.5 Å². The van der Waals surface area contributed by atoms with Gasteiger partial charge in [-0.15, -0.1) is 11.6 Å². The Balaban J connectivity index is 2.61. The van der Waals surface area contributed by atoms with Crippen molar-refractivity contribution in [2.24, 2.45) is 0 Å². The molecular formula is C10H7Cl2N3O3. The van der Waals surface area contributed by atoms with Crippen molar-refractivity contribution < 1.29 is 9.66 Å². The summed E-state index contributed by atoms with van der Waals surface area (Å²) in [5.74, 6) is 0.350. The van der Waals surface area contributed by atoms with E-state index in [2.05, 4.69) is 9.97 Å². The minimum Gasteiger partial charge on any atom is -0.485 e. The van der Waals surface area contributed by atoms with Gasteiger partial charge in [0, 0.05) is 17.5 Å². The second kappa shape index (κ2) is 5.32. The molecule has 8 heteroatoms. The number of alkyl halides is 1. The Morgan fingerprint density at radius 2 is 2.17 bits per heavy atom. The third-order valence-corrected chi connectivity index (χ3v) is 2.65. The van der Waals surface area contributed by atoms with Gasteiger partial charge in [0.1, 0.15) is 18.1 Å². The first-order chi connectivity index (χ1) is 8.63. The fourth-order valence-corrected chi connectivity index (χ4v) is 1.72. The first-order valence-corrected chi connectivity index (χ1v) is 5.82. The fraction of sp³-hybridized carbons (Fsp3) is 0.200.